The van der Waals surface area contributed by atoms with Gasteiger partial charge in [0.2, 0.25) is 5.91 Å². The number of piperidine rings is 1. The molecular formula is C24H38N2O. The Morgan fingerprint density at radius 1 is 1.07 bits per heavy atom. The third kappa shape index (κ3) is 4.86. The molecule has 3 nitrogen and oxygen atoms in total. The van der Waals surface area contributed by atoms with E-state index in [1.807, 2.05) is 0 Å². The first-order valence-electron chi connectivity index (χ1n) is 10.8. The Hall–Kier alpha value is -1.51. The number of carbonyl (C=O) groups is 1. The maximum absolute atomic E-state index is 12.5. The van der Waals surface area contributed by atoms with E-state index in [9.17, 15) is 4.79 Å². The fourth-order valence-electron chi connectivity index (χ4n) is 4.61. The van der Waals surface area contributed by atoms with Crippen LogP contribution in [0.1, 0.15) is 78.2 Å². The number of rotatable bonds is 4. The lowest BCUT2D eigenvalue weighted by Gasteiger charge is -2.40. The molecule has 2 fully saturated rings. The van der Waals surface area contributed by atoms with Crippen molar-refractivity contribution in [2.75, 3.05) is 31.1 Å². The summed E-state index contributed by atoms with van der Waals surface area (Å²) in [6.45, 7) is 15.2. The van der Waals surface area contributed by atoms with E-state index in [4.69, 9.17) is 0 Å². The minimum atomic E-state index is 0.0812. The number of anilines is 1. The molecule has 2 heterocycles. The van der Waals surface area contributed by atoms with Crippen molar-refractivity contribution in [3.63, 3.8) is 0 Å². The highest BCUT2D eigenvalue weighted by molar-refractivity contribution is 5.77. The molecule has 0 bridgehead atoms. The zero-order valence-corrected chi connectivity index (χ0v) is 18.1. The van der Waals surface area contributed by atoms with E-state index in [1.165, 1.54) is 24.1 Å². The van der Waals surface area contributed by atoms with Gasteiger partial charge in [-0.25, -0.2) is 0 Å². The standard InChI is InChI=1S/C24H38N2O/c1-6-19(2)20-7-9-21(10-8-20)26-16-13-24(18-26)11-14-25(15-12-24)22(27)17-23(3,4)5/h7-10,19H,6,11-18H2,1-5H3. The van der Waals surface area contributed by atoms with Crippen LogP contribution in [0.5, 0.6) is 0 Å². The van der Waals surface area contributed by atoms with Crippen molar-refractivity contribution in [3.8, 4) is 0 Å². The van der Waals surface area contributed by atoms with Crippen molar-refractivity contribution < 1.29 is 4.79 Å². The number of amides is 1. The summed E-state index contributed by atoms with van der Waals surface area (Å²) in [5.74, 6) is 0.978. The summed E-state index contributed by atoms with van der Waals surface area (Å²) < 4.78 is 0. The van der Waals surface area contributed by atoms with Crippen LogP contribution in [0.15, 0.2) is 24.3 Å². The number of hydrogen-bond acceptors (Lipinski definition) is 2. The zero-order chi connectivity index (χ0) is 19.7. The molecule has 1 atom stereocenters. The zero-order valence-electron chi connectivity index (χ0n) is 18.1. The third-order valence-corrected chi connectivity index (χ3v) is 6.74. The van der Waals surface area contributed by atoms with Gasteiger partial charge in [-0.1, -0.05) is 46.8 Å². The van der Waals surface area contributed by atoms with E-state index >= 15 is 0 Å². The summed E-state index contributed by atoms with van der Waals surface area (Å²) in [4.78, 5) is 17.2. The van der Waals surface area contributed by atoms with Gasteiger partial charge in [0.15, 0.2) is 0 Å². The molecule has 150 valence electrons. The predicted molar refractivity (Wildman–Crippen MR) is 114 cm³/mol. The molecule has 2 aliphatic heterocycles. The van der Waals surface area contributed by atoms with Crippen LogP contribution in [0.2, 0.25) is 0 Å². The van der Waals surface area contributed by atoms with Gasteiger partial charge in [-0.2, -0.15) is 0 Å². The van der Waals surface area contributed by atoms with Crippen LogP contribution < -0.4 is 4.90 Å². The fourth-order valence-corrected chi connectivity index (χ4v) is 4.61. The Balaban J connectivity index is 1.56. The van der Waals surface area contributed by atoms with Gasteiger partial charge in [0, 0.05) is 38.3 Å². The molecule has 0 N–H and O–H groups in total. The topological polar surface area (TPSA) is 23.6 Å². The van der Waals surface area contributed by atoms with E-state index < -0.39 is 0 Å². The van der Waals surface area contributed by atoms with Crippen molar-refractivity contribution in [2.24, 2.45) is 10.8 Å². The van der Waals surface area contributed by atoms with Crippen LogP contribution >= 0.6 is 0 Å². The number of carbonyl (C=O) groups excluding carboxylic acids is 1. The first-order valence-corrected chi connectivity index (χ1v) is 10.8. The van der Waals surface area contributed by atoms with E-state index in [-0.39, 0.29) is 5.41 Å². The van der Waals surface area contributed by atoms with Crippen LogP contribution in [-0.2, 0) is 4.79 Å². The van der Waals surface area contributed by atoms with Gasteiger partial charge in [-0.15, -0.1) is 0 Å². The fraction of sp³-hybridized carbons (Fsp3) is 0.708. The molecule has 3 heteroatoms. The molecule has 0 radical (unpaired) electrons. The van der Waals surface area contributed by atoms with Gasteiger partial charge in [-0.3, -0.25) is 4.79 Å². The van der Waals surface area contributed by atoms with Crippen molar-refractivity contribution >= 4 is 11.6 Å². The maximum Gasteiger partial charge on any atom is 0.223 e. The average molecular weight is 371 g/mol. The van der Waals surface area contributed by atoms with Gasteiger partial charge < -0.3 is 9.80 Å². The Morgan fingerprint density at radius 3 is 2.22 bits per heavy atom. The minimum absolute atomic E-state index is 0.0812. The van der Waals surface area contributed by atoms with E-state index in [1.54, 1.807) is 0 Å². The van der Waals surface area contributed by atoms with Crippen molar-refractivity contribution in [1.82, 2.24) is 4.90 Å². The lowest BCUT2D eigenvalue weighted by Crippen LogP contribution is -2.45. The summed E-state index contributed by atoms with van der Waals surface area (Å²) in [6.07, 6.45) is 5.43. The Labute approximate surface area is 166 Å². The number of hydrogen-bond donors (Lipinski definition) is 0. The van der Waals surface area contributed by atoms with E-state index in [0.29, 0.717) is 23.7 Å². The van der Waals surface area contributed by atoms with Crippen LogP contribution in [-0.4, -0.2) is 37.0 Å². The predicted octanol–water partition coefficient (Wildman–Crippen LogP) is 5.46. The first-order chi connectivity index (χ1) is 12.7. The minimum Gasteiger partial charge on any atom is -0.371 e. The molecule has 2 saturated heterocycles. The summed E-state index contributed by atoms with van der Waals surface area (Å²) in [5, 5.41) is 0. The number of likely N-dealkylation sites (tertiary alicyclic amines) is 1. The molecular weight excluding hydrogens is 332 g/mol. The average Bonchev–Trinajstić information content (AvgIpc) is 3.04. The Kier molecular flexibility index (Phi) is 5.88. The molecule has 1 spiro atoms. The molecule has 1 amide bonds. The SMILES string of the molecule is CCC(C)c1ccc(N2CCC3(CCN(C(=O)CC(C)(C)C)CC3)C2)cc1. The van der Waals surface area contributed by atoms with E-state index in [0.717, 1.165) is 39.0 Å². The summed E-state index contributed by atoms with van der Waals surface area (Å²) in [5.41, 5.74) is 3.30. The van der Waals surface area contributed by atoms with Gasteiger partial charge in [0.25, 0.3) is 0 Å². The highest BCUT2D eigenvalue weighted by Crippen LogP contribution is 2.42. The number of benzene rings is 1. The second-order valence-electron chi connectivity index (χ2n) is 10.2. The smallest absolute Gasteiger partial charge is 0.223 e. The van der Waals surface area contributed by atoms with Gasteiger partial charge in [0.05, 0.1) is 0 Å². The number of nitrogens with zero attached hydrogens (tertiary/aromatic N) is 2. The quantitative estimate of drug-likeness (QED) is 0.703. The highest BCUT2D eigenvalue weighted by atomic mass is 16.2. The molecule has 0 saturated carbocycles. The summed E-state index contributed by atoms with van der Waals surface area (Å²) in [7, 11) is 0. The highest BCUT2D eigenvalue weighted by Gasteiger charge is 2.41. The van der Waals surface area contributed by atoms with E-state index in [2.05, 4.69) is 68.7 Å². The monoisotopic (exact) mass is 370 g/mol. The van der Waals surface area contributed by atoms with Crippen LogP contribution in [0.4, 0.5) is 5.69 Å². The van der Waals surface area contributed by atoms with Gasteiger partial charge >= 0.3 is 0 Å². The molecule has 0 aliphatic carbocycles. The Bertz CT molecular complexity index is 635. The maximum atomic E-state index is 12.5. The largest absolute Gasteiger partial charge is 0.371 e. The van der Waals surface area contributed by atoms with Crippen molar-refractivity contribution in [2.45, 2.75) is 72.6 Å². The molecule has 27 heavy (non-hydrogen) atoms. The summed E-state index contributed by atoms with van der Waals surface area (Å²) in [6, 6.07) is 9.23. The molecule has 3 rings (SSSR count). The van der Waals surface area contributed by atoms with Crippen LogP contribution in [0.3, 0.4) is 0 Å². The summed E-state index contributed by atoms with van der Waals surface area (Å²) >= 11 is 0. The molecule has 2 aliphatic rings. The van der Waals surface area contributed by atoms with Gasteiger partial charge in [0.1, 0.15) is 0 Å². The lowest BCUT2D eigenvalue weighted by atomic mass is 9.77. The normalized spacial score (nSPS) is 20.9. The molecule has 1 aromatic carbocycles. The van der Waals surface area contributed by atoms with Crippen LogP contribution in [0.25, 0.3) is 0 Å². The second kappa shape index (κ2) is 7.85. The first kappa shape index (κ1) is 20.2. The lowest BCUT2D eigenvalue weighted by molar-refractivity contribution is -0.135. The molecule has 0 aromatic heterocycles. The molecule has 1 aromatic rings. The second-order valence-corrected chi connectivity index (χ2v) is 10.2. The third-order valence-electron chi connectivity index (χ3n) is 6.74. The van der Waals surface area contributed by atoms with Crippen molar-refractivity contribution in [3.05, 3.63) is 29.8 Å². The molecule has 1 unspecified atom stereocenters. The van der Waals surface area contributed by atoms with Crippen LogP contribution in [0, 0.1) is 10.8 Å². The van der Waals surface area contributed by atoms with Crippen molar-refractivity contribution in [1.29, 1.82) is 0 Å². The van der Waals surface area contributed by atoms with Gasteiger partial charge in [-0.05, 0) is 60.1 Å². The Morgan fingerprint density at radius 2 is 1.67 bits per heavy atom.